The fourth-order valence-corrected chi connectivity index (χ4v) is 20.2. The first kappa shape index (κ1) is 78.5. The molecule has 592 valence electrons. The van der Waals surface area contributed by atoms with Crippen LogP contribution >= 0.6 is 11.8 Å². The predicted molar refractivity (Wildman–Crippen MR) is 524 cm³/mol. The lowest BCUT2D eigenvalue weighted by atomic mass is 9.34. The summed E-state index contributed by atoms with van der Waals surface area (Å²) in [5, 5.41) is 2.44. The number of aromatic nitrogens is 1. The highest BCUT2D eigenvalue weighted by molar-refractivity contribution is 8.00. The van der Waals surface area contributed by atoms with Crippen LogP contribution in [0.1, 0.15) is 132 Å². The van der Waals surface area contributed by atoms with E-state index in [1.54, 1.807) is 0 Å². The first-order valence-corrected chi connectivity index (χ1v) is 44.0. The molecule has 0 amide bonds. The smallest absolute Gasteiger partial charge is 0.259 e. The van der Waals surface area contributed by atoms with Crippen LogP contribution in [-0.2, 0) is 27.1 Å². The van der Waals surface area contributed by atoms with E-state index in [0.29, 0.717) is 4.48 Å². The third kappa shape index (κ3) is 14.4. The van der Waals surface area contributed by atoms with Crippen LogP contribution in [0.3, 0.4) is 0 Å². The minimum absolute atomic E-state index is 0.136. The third-order valence-electron chi connectivity index (χ3n) is 25.8. The Balaban J connectivity index is 0.997. The number of para-hydroxylation sites is 2. The van der Waals surface area contributed by atoms with E-state index in [2.05, 4.69) is 467 Å². The van der Waals surface area contributed by atoms with Crippen LogP contribution in [0.5, 0.6) is 0 Å². The fraction of sp³-hybridized carbons (Fsp3) is 0.179. The van der Waals surface area contributed by atoms with Gasteiger partial charge in [0.1, 0.15) is 11.4 Å². The first-order chi connectivity index (χ1) is 58.0. The normalized spacial score (nSPS) is 14.1. The summed E-state index contributed by atoms with van der Waals surface area (Å²) < 4.78 is 2.77. The summed E-state index contributed by atoms with van der Waals surface area (Å²) in [5.41, 5.74) is 40.5. The molecule has 1 unspecified atom stereocenters. The Morgan fingerprint density at radius 1 is 0.248 bits per heavy atom. The second-order valence-corrected chi connectivity index (χ2v) is 40.3. The molecule has 0 fully saturated rings. The molecular formula is C117H106BN2S+. The topological polar surface area (TPSA) is 4.93 Å². The molecule has 1 atom stereocenters. The van der Waals surface area contributed by atoms with Gasteiger partial charge in [0, 0.05) is 55.0 Å². The third-order valence-corrected chi connectivity index (χ3v) is 27.0. The summed E-state index contributed by atoms with van der Waals surface area (Å²) in [4.78, 5) is 2.54. The molecule has 2 aliphatic heterocycles. The molecule has 0 aliphatic carbocycles. The molecule has 16 aromatic carbocycles. The van der Waals surface area contributed by atoms with E-state index in [4.69, 9.17) is 0 Å². The highest BCUT2D eigenvalue weighted by Crippen LogP contribution is 2.58. The van der Waals surface area contributed by atoms with Crippen molar-refractivity contribution in [2.24, 2.45) is 0 Å². The van der Waals surface area contributed by atoms with Gasteiger partial charge in [0.15, 0.2) is 5.69 Å². The van der Waals surface area contributed by atoms with Gasteiger partial charge in [-0.3, -0.25) is 0 Å². The van der Waals surface area contributed by atoms with Crippen LogP contribution in [0.25, 0.3) is 139 Å². The Morgan fingerprint density at radius 3 is 1.12 bits per heavy atom. The van der Waals surface area contributed by atoms with E-state index in [0.717, 1.165) is 22.4 Å². The van der Waals surface area contributed by atoms with Gasteiger partial charge in [0.2, 0.25) is 0 Å². The van der Waals surface area contributed by atoms with Crippen LogP contribution in [-0.4, -0.2) is 18.3 Å². The molecule has 3 heterocycles. The van der Waals surface area contributed by atoms with Crippen molar-refractivity contribution in [2.75, 3.05) is 7.05 Å². The van der Waals surface area contributed by atoms with Crippen molar-refractivity contribution in [1.29, 1.82) is 0 Å². The van der Waals surface area contributed by atoms with E-state index in [1.807, 2.05) is 11.8 Å². The molecule has 1 aromatic heterocycles. The SMILES string of the molecule is CC(C)(C)c1cc(-c2ccc3c(c2)[N+](C)(c2c(-c4cccc(-c5ccccc5)c4)cc(C(C)(C)C)cc2-c2cccc(-c4ccccc4)c2)c2cc(-c4ccc5c(c4)c4ccccc4n5-c4ccccc4)cc4c2B3c2cc(-c3cc(-c5ccccc5)cc(-c5ccccc5)c3)cc(-c3cc(C(C)(C)C)cc(C(C)(C)C)c3)c2S4)cc(C(C)(C)C)c1. The van der Waals surface area contributed by atoms with Crippen LogP contribution in [0, 0.1) is 0 Å². The number of nitrogens with zero attached hydrogens (tertiary/aromatic N) is 2. The minimum Gasteiger partial charge on any atom is -0.309 e. The van der Waals surface area contributed by atoms with E-state index < -0.39 is 0 Å². The molecule has 0 saturated carbocycles. The highest BCUT2D eigenvalue weighted by atomic mass is 32.2. The Bertz CT molecular complexity index is 6690. The van der Waals surface area contributed by atoms with Crippen LogP contribution in [0.15, 0.2) is 362 Å². The first-order valence-electron chi connectivity index (χ1n) is 43.2. The molecule has 2 aliphatic rings. The zero-order chi connectivity index (χ0) is 83.8. The van der Waals surface area contributed by atoms with Crippen molar-refractivity contribution in [3.8, 4) is 117 Å². The summed E-state index contributed by atoms with van der Waals surface area (Å²) in [5.74, 6) is 0. The van der Waals surface area contributed by atoms with Gasteiger partial charge in [0.05, 0.1) is 18.1 Å². The van der Waals surface area contributed by atoms with Gasteiger partial charge in [-0.25, -0.2) is 4.48 Å². The van der Waals surface area contributed by atoms with Crippen molar-refractivity contribution in [3.63, 3.8) is 0 Å². The van der Waals surface area contributed by atoms with E-state index in [1.165, 1.54) is 187 Å². The van der Waals surface area contributed by atoms with Gasteiger partial charge >= 0.3 is 0 Å². The summed E-state index contributed by atoms with van der Waals surface area (Å²) in [6.45, 7) is 35.5. The summed E-state index contributed by atoms with van der Waals surface area (Å²) in [7, 11) is 2.59. The van der Waals surface area contributed by atoms with Gasteiger partial charge in [-0.2, -0.15) is 0 Å². The molecule has 17 aromatic rings. The Morgan fingerprint density at radius 2 is 0.612 bits per heavy atom. The van der Waals surface area contributed by atoms with Crippen molar-refractivity contribution in [1.82, 2.24) is 9.05 Å². The molecule has 0 N–H and O–H groups in total. The number of hydrogen-bond donors (Lipinski definition) is 0. The quantitative estimate of drug-likeness (QED) is 0.0872. The average molecular weight is 1580 g/mol. The monoisotopic (exact) mass is 1580 g/mol. The molecule has 2 nitrogen and oxygen atoms in total. The minimum atomic E-state index is -0.269. The van der Waals surface area contributed by atoms with E-state index in [-0.39, 0.29) is 33.8 Å². The van der Waals surface area contributed by atoms with Gasteiger partial charge < -0.3 is 4.57 Å². The molecule has 0 saturated heterocycles. The lowest BCUT2D eigenvalue weighted by molar-refractivity contribution is 0.568. The zero-order valence-corrected chi connectivity index (χ0v) is 73.7. The molecular weight excluding hydrogens is 1480 g/mol. The van der Waals surface area contributed by atoms with Crippen molar-refractivity contribution in [2.45, 2.75) is 141 Å². The number of rotatable bonds is 12. The highest BCUT2D eigenvalue weighted by Gasteiger charge is 2.52. The number of benzene rings is 16. The molecule has 4 heteroatoms. The summed E-state index contributed by atoms with van der Waals surface area (Å²) >= 11 is 1.99. The molecule has 121 heavy (non-hydrogen) atoms. The van der Waals surface area contributed by atoms with E-state index in [9.17, 15) is 0 Å². The number of quaternary nitrogens is 1. The molecule has 0 bridgehead atoms. The van der Waals surface area contributed by atoms with Gasteiger partial charge in [-0.05, 0) is 245 Å². The lowest BCUT2D eigenvalue weighted by Crippen LogP contribution is -2.63. The summed E-state index contributed by atoms with van der Waals surface area (Å²) in [6.07, 6.45) is 0. The largest absolute Gasteiger partial charge is 0.309 e. The Kier molecular flexibility index (Phi) is 19.4. The summed E-state index contributed by atoms with van der Waals surface area (Å²) in [6, 6.07) is 136. The maximum absolute atomic E-state index is 2.67. The van der Waals surface area contributed by atoms with Crippen molar-refractivity contribution >= 4 is 73.7 Å². The van der Waals surface area contributed by atoms with Crippen molar-refractivity contribution in [3.05, 3.63) is 380 Å². The van der Waals surface area contributed by atoms with Crippen LogP contribution in [0.4, 0.5) is 17.1 Å². The Labute approximate surface area is 722 Å². The number of fused-ring (bicyclic) bond motifs is 7. The van der Waals surface area contributed by atoms with Crippen LogP contribution in [0.2, 0.25) is 0 Å². The van der Waals surface area contributed by atoms with Gasteiger partial charge in [0.25, 0.3) is 6.71 Å². The van der Waals surface area contributed by atoms with Gasteiger partial charge in [-0.15, -0.1) is 0 Å². The van der Waals surface area contributed by atoms with Gasteiger partial charge in [-0.1, -0.05) is 376 Å². The maximum Gasteiger partial charge on any atom is 0.259 e. The zero-order valence-electron chi connectivity index (χ0n) is 72.9. The molecule has 0 radical (unpaired) electrons. The van der Waals surface area contributed by atoms with E-state index >= 15 is 0 Å². The predicted octanol–water partition coefficient (Wildman–Crippen LogP) is 30.8. The second kappa shape index (κ2) is 29.8. The fourth-order valence-electron chi connectivity index (χ4n) is 18.9. The van der Waals surface area contributed by atoms with Crippen molar-refractivity contribution < 1.29 is 0 Å². The standard InChI is InChI=1S/C117H106BN2S/c1-113(2,3)92-61-88(62-93(71-92)114(4,5)6)82-52-54-103-107(68-82)120(16,111-99(83-46-34-44-79(56-83)75-36-22-17-23-37-75)73-96(117(13,14)15)74-100(111)84-47-35-45-80(57-84)76-38-24-18-25-39-76)108-69-90(81-53-55-106-102(65-81)98-50-32-33-51-105(98)119(106)97-48-30-21-31-49-97)70-109-110(108)118(103)104-67-89(66-101(112(104)121-109)91-63-94(115(7,8)9)72-95(64-91)116(10,11)12)87-59-85(77-40-26-19-27-41-77)58-86(60-87)78-42-28-20-29-43-78/h17-74H,1-16H3/q+1. The average Bonchev–Trinajstić information content (AvgIpc) is 1.34. The molecule has 19 rings (SSSR count). The maximum atomic E-state index is 2.67. The van der Waals surface area contributed by atoms with Crippen LogP contribution < -0.4 is 20.9 Å². The molecule has 0 spiro atoms. The second-order valence-electron chi connectivity index (χ2n) is 39.3. The Hall–Kier alpha value is -12.3. The number of hydrogen-bond acceptors (Lipinski definition) is 1. The lowest BCUT2D eigenvalue weighted by Gasteiger charge is -2.46.